The number of hydrogen-bond acceptors (Lipinski definition) is 1. The lowest BCUT2D eigenvalue weighted by Crippen LogP contribution is -1.87. The van der Waals surface area contributed by atoms with E-state index in [1.807, 2.05) is 45.0 Å². The van der Waals surface area contributed by atoms with Crippen LogP contribution in [0.25, 0.3) is 0 Å². The molecule has 1 nitrogen and oxygen atoms in total. The van der Waals surface area contributed by atoms with Crippen LogP contribution >= 0.6 is 11.6 Å². The van der Waals surface area contributed by atoms with Gasteiger partial charge < -0.3 is 4.74 Å². The Hall–Kier alpha value is -1.54. The predicted molar refractivity (Wildman–Crippen MR) is 74.0 cm³/mol. The summed E-state index contributed by atoms with van der Waals surface area (Å²) in [6, 6.07) is 12.0. The zero-order chi connectivity index (χ0) is 13.5. The summed E-state index contributed by atoms with van der Waals surface area (Å²) in [5.74, 6) is 0.481. The molecule has 3 heteroatoms. The van der Waals surface area contributed by atoms with Gasteiger partial charge in [0.05, 0.1) is 0 Å². The molecule has 0 aliphatic rings. The smallest absolute Gasteiger partial charge is 0.149 e. The molecule has 2 rings (SSSR count). The van der Waals surface area contributed by atoms with Crippen molar-refractivity contribution in [3.8, 4) is 11.5 Å². The fraction of sp³-hybridized carbons (Fsp3) is 0.200. The minimum Gasteiger partial charge on any atom is -0.456 e. The van der Waals surface area contributed by atoms with E-state index in [0.29, 0.717) is 11.5 Å². The fourth-order valence-electron chi connectivity index (χ4n) is 1.30. The van der Waals surface area contributed by atoms with Crippen LogP contribution < -0.4 is 4.74 Å². The molecule has 0 fully saturated rings. The molecule has 0 aliphatic carbocycles. The van der Waals surface area contributed by atoms with Gasteiger partial charge in [0.25, 0.3) is 0 Å². The largest absolute Gasteiger partial charge is 0.456 e. The van der Waals surface area contributed by atoms with Gasteiger partial charge in [0.15, 0.2) is 0 Å². The van der Waals surface area contributed by atoms with Crippen LogP contribution in [0, 0.1) is 12.7 Å². The van der Waals surface area contributed by atoms with Crippen LogP contribution in [0.1, 0.15) is 19.4 Å². The number of ether oxygens (including phenoxy) is 1. The van der Waals surface area contributed by atoms with Crippen molar-refractivity contribution in [1.29, 1.82) is 0 Å². The van der Waals surface area contributed by atoms with E-state index in [9.17, 15) is 4.39 Å². The minimum absolute atomic E-state index is 0.00285. The molecule has 0 radical (unpaired) electrons. The maximum Gasteiger partial charge on any atom is 0.149 e. The van der Waals surface area contributed by atoms with Gasteiger partial charge in [0.2, 0.25) is 0 Å². The van der Waals surface area contributed by atoms with Crippen LogP contribution in [-0.4, -0.2) is 0 Å². The SMILES string of the molecule is CC.Cc1ccc(Oc2cccc(F)c2Cl)cc1. The lowest BCUT2D eigenvalue weighted by molar-refractivity contribution is 0.477. The molecule has 0 atom stereocenters. The molecule has 18 heavy (non-hydrogen) atoms. The first-order chi connectivity index (χ1) is 8.66. The van der Waals surface area contributed by atoms with Gasteiger partial charge in [0.1, 0.15) is 22.3 Å². The van der Waals surface area contributed by atoms with Crippen molar-refractivity contribution >= 4 is 11.6 Å². The third-order valence-corrected chi connectivity index (χ3v) is 2.53. The lowest BCUT2D eigenvalue weighted by Gasteiger charge is -2.07. The van der Waals surface area contributed by atoms with Crippen molar-refractivity contribution in [2.24, 2.45) is 0 Å². The molecule has 0 saturated heterocycles. The van der Waals surface area contributed by atoms with E-state index < -0.39 is 5.82 Å². The van der Waals surface area contributed by atoms with Crippen LogP contribution in [0.4, 0.5) is 4.39 Å². The summed E-state index contributed by atoms with van der Waals surface area (Å²) in [5, 5.41) is 0.00285. The molecule has 2 aromatic carbocycles. The highest BCUT2D eigenvalue weighted by atomic mass is 35.5. The molecular weight excluding hydrogens is 251 g/mol. The third kappa shape index (κ3) is 3.74. The van der Waals surface area contributed by atoms with Gasteiger partial charge in [-0.2, -0.15) is 0 Å². The first-order valence-corrected chi connectivity index (χ1v) is 6.23. The second-order valence-corrected chi connectivity index (χ2v) is 3.85. The highest BCUT2D eigenvalue weighted by molar-refractivity contribution is 6.32. The summed E-state index contributed by atoms with van der Waals surface area (Å²) in [6.07, 6.45) is 0. The molecule has 0 aliphatic heterocycles. The summed E-state index contributed by atoms with van der Waals surface area (Å²) in [5.41, 5.74) is 1.14. The Labute approximate surface area is 112 Å². The Morgan fingerprint density at radius 3 is 2.22 bits per heavy atom. The lowest BCUT2D eigenvalue weighted by atomic mass is 10.2. The zero-order valence-electron chi connectivity index (χ0n) is 10.7. The molecule has 2 aromatic rings. The molecular formula is C15H16ClFO. The standard InChI is InChI=1S/C13H10ClFO.C2H6/c1-9-5-7-10(8-6-9)16-12-4-2-3-11(15)13(12)14;1-2/h2-8H,1H3;1-2H3. The first kappa shape index (κ1) is 14.5. The Kier molecular flexibility index (Phi) is 5.66. The monoisotopic (exact) mass is 266 g/mol. The topological polar surface area (TPSA) is 9.23 Å². The third-order valence-electron chi connectivity index (χ3n) is 2.16. The second-order valence-electron chi connectivity index (χ2n) is 3.47. The van der Waals surface area contributed by atoms with Crippen molar-refractivity contribution in [2.75, 3.05) is 0 Å². The molecule has 0 aromatic heterocycles. The van der Waals surface area contributed by atoms with E-state index in [4.69, 9.17) is 16.3 Å². The van der Waals surface area contributed by atoms with Crippen molar-refractivity contribution in [2.45, 2.75) is 20.8 Å². The van der Waals surface area contributed by atoms with Crippen LogP contribution in [0.15, 0.2) is 42.5 Å². The number of halogens is 2. The van der Waals surface area contributed by atoms with Crippen LogP contribution in [-0.2, 0) is 0 Å². The normalized spacial score (nSPS) is 9.39. The number of hydrogen-bond donors (Lipinski definition) is 0. The van der Waals surface area contributed by atoms with Crippen molar-refractivity contribution in [3.63, 3.8) is 0 Å². The Morgan fingerprint density at radius 2 is 1.61 bits per heavy atom. The van der Waals surface area contributed by atoms with Gasteiger partial charge in [-0.3, -0.25) is 0 Å². The molecule has 0 bridgehead atoms. The first-order valence-electron chi connectivity index (χ1n) is 5.85. The Bertz CT molecular complexity index is 494. The van der Waals surface area contributed by atoms with Crippen LogP contribution in [0.3, 0.4) is 0 Å². The summed E-state index contributed by atoms with van der Waals surface area (Å²) in [6.45, 7) is 5.99. The maximum absolute atomic E-state index is 13.1. The number of benzene rings is 2. The molecule has 0 heterocycles. The maximum atomic E-state index is 13.1. The van der Waals surface area contributed by atoms with E-state index in [1.54, 1.807) is 12.1 Å². The average molecular weight is 267 g/mol. The number of rotatable bonds is 2. The molecule has 0 spiro atoms. The van der Waals surface area contributed by atoms with E-state index in [0.717, 1.165) is 5.56 Å². The average Bonchev–Trinajstić information content (AvgIpc) is 2.40. The summed E-state index contributed by atoms with van der Waals surface area (Å²) in [4.78, 5) is 0. The summed E-state index contributed by atoms with van der Waals surface area (Å²) in [7, 11) is 0. The van der Waals surface area contributed by atoms with E-state index in [1.165, 1.54) is 6.07 Å². The summed E-state index contributed by atoms with van der Waals surface area (Å²) < 4.78 is 18.6. The quantitative estimate of drug-likeness (QED) is 0.687. The molecule has 0 unspecified atom stereocenters. The highest BCUT2D eigenvalue weighted by Crippen LogP contribution is 2.31. The summed E-state index contributed by atoms with van der Waals surface area (Å²) >= 11 is 5.77. The van der Waals surface area contributed by atoms with Crippen LogP contribution in [0.2, 0.25) is 5.02 Å². The van der Waals surface area contributed by atoms with E-state index in [2.05, 4.69) is 0 Å². The predicted octanol–water partition coefficient (Wildman–Crippen LogP) is 5.61. The molecule has 0 amide bonds. The molecule has 96 valence electrons. The molecule has 0 N–H and O–H groups in total. The van der Waals surface area contributed by atoms with Gasteiger partial charge in [-0.25, -0.2) is 4.39 Å². The Balaban J connectivity index is 0.000000771. The van der Waals surface area contributed by atoms with Gasteiger partial charge in [-0.05, 0) is 31.2 Å². The van der Waals surface area contributed by atoms with Crippen molar-refractivity contribution in [1.82, 2.24) is 0 Å². The Morgan fingerprint density at radius 1 is 1.00 bits per heavy atom. The molecule has 0 saturated carbocycles. The minimum atomic E-state index is -0.480. The van der Waals surface area contributed by atoms with Crippen molar-refractivity contribution in [3.05, 3.63) is 58.9 Å². The highest BCUT2D eigenvalue weighted by Gasteiger charge is 2.07. The van der Waals surface area contributed by atoms with E-state index in [-0.39, 0.29) is 5.02 Å². The van der Waals surface area contributed by atoms with Gasteiger partial charge >= 0.3 is 0 Å². The zero-order valence-corrected chi connectivity index (χ0v) is 11.5. The van der Waals surface area contributed by atoms with E-state index >= 15 is 0 Å². The van der Waals surface area contributed by atoms with Crippen LogP contribution in [0.5, 0.6) is 11.5 Å². The van der Waals surface area contributed by atoms with Gasteiger partial charge in [-0.15, -0.1) is 0 Å². The van der Waals surface area contributed by atoms with Gasteiger partial charge in [-0.1, -0.05) is 49.2 Å². The number of aryl methyl sites for hydroxylation is 1. The van der Waals surface area contributed by atoms with Crippen molar-refractivity contribution < 1.29 is 9.13 Å². The fourth-order valence-corrected chi connectivity index (χ4v) is 1.46. The van der Waals surface area contributed by atoms with Gasteiger partial charge in [0, 0.05) is 0 Å². The second kappa shape index (κ2) is 7.02.